The van der Waals surface area contributed by atoms with E-state index in [1.165, 1.54) is 0 Å². The zero-order chi connectivity index (χ0) is 12.5. The van der Waals surface area contributed by atoms with Gasteiger partial charge in [-0.3, -0.25) is 0 Å². The molecule has 0 saturated carbocycles. The predicted octanol–water partition coefficient (Wildman–Crippen LogP) is 1.38. The Bertz CT molecular complexity index is 273. The third kappa shape index (κ3) is 7.15. The maximum atomic E-state index is 5.50. The van der Waals surface area contributed by atoms with Crippen LogP contribution in [0.25, 0.3) is 0 Å². The van der Waals surface area contributed by atoms with Gasteiger partial charge in [-0.25, -0.2) is 0 Å². The fourth-order valence-corrected chi connectivity index (χ4v) is 1.53. The van der Waals surface area contributed by atoms with Gasteiger partial charge in [0, 0.05) is 25.6 Å². The van der Waals surface area contributed by atoms with Crippen LogP contribution in [0.2, 0.25) is 0 Å². The number of nitrogens with zero attached hydrogens (tertiary/aromatic N) is 1. The lowest BCUT2D eigenvalue weighted by Crippen LogP contribution is -2.31. The van der Waals surface area contributed by atoms with E-state index in [2.05, 4.69) is 17.1 Å². The highest BCUT2D eigenvalue weighted by Crippen LogP contribution is 2.03. The van der Waals surface area contributed by atoms with E-state index in [0.717, 1.165) is 38.5 Å². The van der Waals surface area contributed by atoms with Gasteiger partial charge in [0.1, 0.15) is 5.76 Å². The summed E-state index contributed by atoms with van der Waals surface area (Å²) in [6.45, 7) is 5.57. The van der Waals surface area contributed by atoms with Gasteiger partial charge in [-0.15, -0.1) is 0 Å². The van der Waals surface area contributed by atoms with Crippen LogP contribution in [0.15, 0.2) is 22.8 Å². The molecule has 4 heteroatoms. The summed E-state index contributed by atoms with van der Waals surface area (Å²) in [4.78, 5) is 2.12. The Balaban J connectivity index is 1.95. The van der Waals surface area contributed by atoms with E-state index >= 15 is 0 Å². The fraction of sp³-hybridized carbons (Fsp3) is 0.692. The van der Waals surface area contributed by atoms with Crippen molar-refractivity contribution in [2.45, 2.75) is 19.4 Å². The van der Waals surface area contributed by atoms with Gasteiger partial charge in [-0.05, 0) is 33.2 Å². The molecule has 98 valence electrons. The second-order valence-corrected chi connectivity index (χ2v) is 4.55. The van der Waals surface area contributed by atoms with Crippen LogP contribution >= 0.6 is 0 Å². The molecule has 1 unspecified atom stereocenters. The summed E-state index contributed by atoms with van der Waals surface area (Å²) in [5.74, 6) is 1.03. The van der Waals surface area contributed by atoms with Crippen molar-refractivity contribution in [3.63, 3.8) is 0 Å². The van der Waals surface area contributed by atoms with E-state index in [-0.39, 0.29) is 0 Å². The lowest BCUT2D eigenvalue weighted by molar-refractivity contribution is 0.117. The van der Waals surface area contributed by atoms with Gasteiger partial charge in [-0.2, -0.15) is 0 Å². The summed E-state index contributed by atoms with van der Waals surface area (Å²) in [5.41, 5.74) is 0. The van der Waals surface area contributed by atoms with Gasteiger partial charge in [0.2, 0.25) is 0 Å². The molecule has 1 N–H and O–H groups in total. The smallest absolute Gasteiger partial charge is 0.105 e. The Hall–Kier alpha value is -0.840. The van der Waals surface area contributed by atoms with E-state index in [9.17, 15) is 0 Å². The number of ether oxygens (including phenoxy) is 1. The normalized spacial score (nSPS) is 13.2. The van der Waals surface area contributed by atoms with Crippen LogP contribution in [0, 0.1) is 0 Å². The largest absolute Gasteiger partial charge is 0.469 e. The van der Waals surface area contributed by atoms with Crippen molar-refractivity contribution in [2.75, 3.05) is 40.4 Å². The molecule has 1 rings (SSSR count). The third-order valence-electron chi connectivity index (χ3n) is 2.51. The minimum Gasteiger partial charge on any atom is -0.469 e. The molecule has 1 heterocycles. The molecule has 1 aromatic rings. The molecule has 0 fully saturated rings. The second-order valence-electron chi connectivity index (χ2n) is 4.55. The summed E-state index contributed by atoms with van der Waals surface area (Å²) in [6.07, 6.45) is 2.64. The number of likely N-dealkylation sites (N-methyl/N-ethyl adjacent to an activating group) is 1. The van der Waals surface area contributed by atoms with E-state index < -0.39 is 0 Å². The van der Waals surface area contributed by atoms with Crippen LogP contribution in [-0.4, -0.2) is 51.3 Å². The minimum absolute atomic E-state index is 0.415. The third-order valence-corrected chi connectivity index (χ3v) is 2.51. The highest BCUT2D eigenvalue weighted by atomic mass is 16.5. The molecular formula is C13H24N2O2. The summed E-state index contributed by atoms with van der Waals surface area (Å²) < 4.78 is 10.8. The molecule has 1 atom stereocenters. The van der Waals surface area contributed by atoms with Crippen LogP contribution in [0.5, 0.6) is 0 Å². The van der Waals surface area contributed by atoms with Gasteiger partial charge in [0.15, 0.2) is 0 Å². The number of hydrogen-bond acceptors (Lipinski definition) is 4. The quantitative estimate of drug-likeness (QED) is 0.662. The predicted molar refractivity (Wildman–Crippen MR) is 69.2 cm³/mol. The molecule has 0 aliphatic heterocycles. The first-order chi connectivity index (χ1) is 8.18. The monoisotopic (exact) mass is 240 g/mol. The summed E-state index contributed by atoms with van der Waals surface area (Å²) in [7, 11) is 4.10. The zero-order valence-electron chi connectivity index (χ0n) is 11.1. The molecule has 0 radical (unpaired) electrons. The summed E-state index contributed by atoms with van der Waals surface area (Å²) in [5, 5.41) is 3.41. The standard InChI is InChI=1S/C13H24N2O2/c1-12(11-13-5-4-8-17-13)14-6-9-16-10-7-15(2)3/h4-5,8,12,14H,6-7,9-11H2,1-3H3. The van der Waals surface area contributed by atoms with Crippen molar-refractivity contribution < 1.29 is 9.15 Å². The average molecular weight is 240 g/mol. The molecule has 0 aromatic carbocycles. The molecule has 0 aliphatic rings. The van der Waals surface area contributed by atoms with Gasteiger partial charge in [0.25, 0.3) is 0 Å². The van der Waals surface area contributed by atoms with E-state index in [1.807, 2.05) is 26.2 Å². The van der Waals surface area contributed by atoms with Crippen molar-refractivity contribution in [1.82, 2.24) is 10.2 Å². The average Bonchev–Trinajstić information content (AvgIpc) is 2.75. The number of rotatable bonds is 9. The maximum absolute atomic E-state index is 5.50. The molecule has 4 nitrogen and oxygen atoms in total. The topological polar surface area (TPSA) is 37.6 Å². The van der Waals surface area contributed by atoms with Crippen LogP contribution in [-0.2, 0) is 11.2 Å². The molecular weight excluding hydrogens is 216 g/mol. The van der Waals surface area contributed by atoms with Crippen LogP contribution in [0.4, 0.5) is 0 Å². The van der Waals surface area contributed by atoms with Crippen molar-refractivity contribution >= 4 is 0 Å². The van der Waals surface area contributed by atoms with E-state index in [4.69, 9.17) is 9.15 Å². The molecule has 0 amide bonds. The van der Waals surface area contributed by atoms with E-state index in [1.54, 1.807) is 6.26 Å². The molecule has 1 aromatic heterocycles. The number of hydrogen-bond donors (Lipinski definition) is 1. The first-order valence-electron chi connectivity index (χ1n) is 6.16. The number of nitrogens with one attached hydrogen (secondary N) is 1. The highest BCUT2D eigenvalue weighted by Gasteiger charge is 2.04. The SMILES string of the molecule is CC(Cc1ccco1)NCCOCCN(C)C. The second kappa shape index (κ2) is 8.28. The summed E-state index contributed by atoms with van der Waals surface area (Å²) in [6, 6.07) is 4.34. The van der Waals surface area contributed by atoms with Gasteiger partial charge < -0.3 is 19.4 Å². The molecule has 0 saturated heterocycles. The van der Waals surface area contributed by atoms with Crippen molar-refractivity contribution in [3.05, 3.63) is 24.2 Å². The first kappa shape index (κ1) is 14.2. The van der Waals surface area contributed by atoms with Crippen molar-refractivity contribution in [1.29, 1.82) is 0 Å². The van der Waals surface area contributed by atoms with Gasteiger partial charge >= 0.3 is 0 Å². The van der Waals surface area contributed by atoms with Crippen molar-refractivity contribution in [2.24, 2.45) is 0 Å². The summed E-state index contributed by atoms with van der Waals surface area (Å²) >= 11 is 0. The van der Waals surface area contributed by atoms with Crippen LogP contribution < -0.4 is 5.32 Å². The minimum atomic E-state index is 0.415. The zero-order valence-corrected chi connectivity index (χ0v) is 11.1. The Kier molecular flexibility index (Phi) is 6.93. The fourth-order valence-electron chi connectivity index (χ4n) is 1.53. The van der Waals surface area contributed by atoms with Crippen molar-refractivity contribution in [3.8, 4) is 0 Å². The maximum Gasteiger partial charge on any atom is 0.105 e. The number of furan rings is 1. The Morgan fingerprint density at radius 2 is 2.24 bits per heavy atom. The molecule has 0 spiro atoms. The van der Waals surface area contributed by atoms with Gasteiger partial charge in [-0.1, -0.05) is 0 Å². The first-order valence-corrected chi connectivity index (χ1v) is 6.16. The lowest BCUT2D eigenvalue weighted by Gasteiger charge is -2.13. The molecule has 17 heavy (non-hydrogen) atoms. The Labute approximate surface area is 104 Å². The van der Waals surface area contributed by atoms with Gasteiger partial charge in [0.05, 0.1) is 19.5 Å². The molecule has 0 bridgehead atoms. The lowest BCUT2D eigenvalue weighted by atomic mass is 10.2. The van der Waals surface area contributed by atoms with Crippen LogP contribution in [0.1, 0.15) is 12.7 Å². The highest BCUT2D eigenvalue weighted by molar-refractivity contribution is 4.99. The van der Waals surface area contributed by atoms with E-state index in [0.29, 0.717) is 6.04 Å². The molecule has 0 aliphatic carbocycles. The van der Waals surface area contributed by atoms with Crippen LogP contribution in [0.3, 0.4) is 0 Å². The Morgan fingerprint density at radius 3 is 2.88 bits per heavy atom. The Morgan fingerprint density at radius 1 is 1.41 bits per heavy atom.